The molecule has 1 aliphatic heterocycles. The van der Waals surface area contributed by atoms with Gasteiger partial charge >= 0.3 is 0 Å². The van der Waals surface area contributed by atoms with Crippen LogP contribution in [0.15, 0.2) is 56.7 Å². The van der Waals surface area contributed by atoms with E-state index in [0.717, 1.165) is 41.8 Å². The lowest BCUT2D eigenvalue weighted by molar-refractivity contribution is 0.226. The molecule has 0 unspecified atom stereocenters. The van der Waals surface area contributed by atoms with E-state index in [2.05, 4.69) is 33.5 Å². The summed E-state index contributed by atoms with van der Waals surface area (Å²) in [5, 5.41) is 10.8. The van der Waals surface area contributed by atoms with E-state index in [1.165, 1.54) is 12.8 Å². The Kier molecular flexibility index (Phi) is 6.71. The third-order valence-corrected chi connectivity index (χ3v) is 7.13. The molecule has 1 saturated heterocycles. The Morgan fingerprint density at radius 1 is 1.16 bits per heavy atom. The Morgan fingerprint density at radius 2 is 1.89 bits per heavy atom. The molecule has 1 fully saturated rings. The lowest BCUT2D eigenvalue weighted by atomic mass is 9.97. The van der Waals surface area contributed by atoms with Crippen molar-refractivity contribution >= 4 is 39.6 Å². The number of aromatic nitrogens is 2. The van der Waals surface area contributed by atoms with Crippen LogP contribution >= 0.6 is 0 Å². The fourth-order valence-electron chi connectivity index (χ4n) is 4.82. The van der Waals surface area contributed by atoms with Crippen LogP contribution in [0.1, 0.15) is 35.3 Å². The predicted molar refractivity (Wildman–Crippen MR) is 150 cm³/mol. The number of H-pyrrole nitrogens is 1. The zero-order valence-electron chi connectivity index (χ0n) is 21.5. The monoisotopic (exact) mass is 499 g/mol. The van der Waals surface area contributed by atoms with Crippen LogP contribution in [0.3, 0.4) is 0 Å². The summed E-state index contributed by atoms with van der Waals surface area (Å²) in [6.45, 7) is 7.23. The number of nitrogens with one attached hydrogen (secondary N) is 2. The molecule has 9 heteroatoms. The van der Waals surface area contributed by atoms with E-state index >= 15 is 0 Å². The molecule has 9 nitrogen and oxygen atoms in total. The quantitative estimate of drug-likeness (QED) is 0.291. The molecule has 0 amide bonds. The highest BCUT2D eigenvalue weighted by atomic mass is 16.3. The van der Waals surface area contributed by atoms with Crippen molar-refractivity contribution in [1.82, 2.24) is 15.1 Å². The van der Waals surface area contributed by atoms with E-state index in [1.54, 1.807) is 0 Å². The predicted octanol–water partition coefficient (Wildman–Crippen LogP) is 4.22. The standard InChI is InChI=1S/C28H33N7O2/c1-16-4-9-22-21(14-16)17(2)26(37-22)25(23-24(29)28(36)34-33-27(23)30)32-20-7-5-19(6-8-20)31-15-18-10-12-35(3)13-11-18/h4-9,14,18,31H,10-13,15H2,1-3H3,(H,34,36)(H4,29,30,33). The highest BCUT2D eigenvalue weighted by molar-refractivity contribution is 6.19. The topological polar surface area (TPSA) is 139 Å². The summed E-state index contributed by atoms with van der Waals surface area (Å²) in [4.78, 5) is 19.6. The Labute approximate surface area is 215 Å². The summed E-state index contributed by atoms with van der Waals surface area (Å²) in [6.07, 6.45) is 2.41. The van der Waals surface area contributed by atoms with Gasteiger partial charge in [-0.15, -0.1) is 0 Å². The molecular weight excluding hydrogens is 466 g/mol. The summed E-state index contributed by atoms with van der Waals surface area (Å²) in [7, 11) is 2.17. The summed E-state index contributed by atoms with van der Waals surface area (Å²) in [5.74, 6) is 1.24. The molecule has 1 aliphatic rings. The van der Waals surface area contributed by atoms with Crippen LogP contribution in [0.4, 0.5) is 22.9 Å². The first-order valence-corrected chi connectivity index (χ1v) is 12.6. The summed E-state index contributed by atoms with van der Waals surface area (Å²) < 4.78 is 6.23. The molecule has 3 heterocycles. The molecular formula is C28H33N7O2. The van der Waals surface area contributed by atoms with Crippen LogP contribution in [0.5, 0.6) is 0 Å². The minimum atomic E-state index is -0.532. The Hall–Kier alpha value is -4.11. The van der Waals surface area contributed by atoms with Gasteiger partial charge in [0.25, 0.3) is 5.56 Å². The fraction of sp³-hybridized carbons (Fsp3) is 0.321. The molecule has 0 radical (unpaired) electrons. The Morgan fingerprint density at radius 3 is 2.62 bits per heavy atom. The van der Waals surface area contributed by atoms with Crippen LogP contribution in [0.2, 0.25) is 0 Å². The highest BCUT2D eigenvalue weighted by Gasteiger charge is 2.24. The van der Waals surface area contributed by atoms with Crippen molar-refractivity contribution in [1.29, 1.82) is 0 Å². The number of nitrogen functional groups attached to an aromatic ring is 2. The number of furan rings is 1. The van der Waals surface area contributed by atoms with Gasteiger partial charge in [-0.3, -0.25) is 4.79 Å². The number of nitrogens with two attached hydrogens (primary N) is 2. The average Bonchev–Trinajstić information content (AvgIpc) is 3.21. The second-order valence-corrected chi connectivity index (χ2v) is 9.92. The number of hydrogen-bond acceptors (Lipinski definition) is 8. The zero-order valence-corrected chi connectivity index (χ0v) is 21.5. The van der Waals surface area contributed by atoms with E-state index in [4.69, 9.17) is 20.9 Å². The van der Waals surface area contributed by atoms with Gasteiger partial charge in [-0.2, -0.15) is 5.10 Å². The van der Waals surface area contributed by atoms with Gasteiger partial charge in [0.15, 0.2) is 11.6 Å². The van der Waals surface area contributed by atoms with E-state index in [1.807, 2.05) is 50.2 Å². The van der Waals surface area contributed by atoms with Crippen molar-refractivity contribution in [3.8, 4) is 0 Å². The van der Waals surface area contributed by atoms with E-state index < -0.39 is 5.56 Å². The first-order chi connectivity index (χ1) is 17.8. The summed E-state index contributed by atoms with van der Waals surface area (Å²) >= 11 is 0. The van der Waals surface area contributed by atoms with Crippen molar-refractivity contribution in [2.45, 2.75) is 26.7 Å². The van der Waals surface area contributed by atoms with Crippen LogP contribution in [-0.2, 0) is 0 Å². The lowest BCUT2D eigenvalue weighted by Crippen LogP contribution is -2.32. The molecule has 37 heavy (non-hydrogen) atoms. The normalized spacial score (nSPS) is 15.4. The first-order valence-electron chi connectivity index (χ1n) is 12.6. The number of hydrogen-bond donors (Lipinski definition) is 4. The number of benzene rings is 2. The maximum absolute atomic E-state index is 12.4. The lowest BCUT2D eigenvalue weighted by Gasteiger charge is -2.29. The fourth-order valence-corrected chi connectivity index (χ4v) is 4.82. The minimum Gasteiger partial charge on any atom is -0.454 e. The molecule has 192 valence electrons. The Bertz CT molecular complexity index is 1510. The molecule has 4 aromatic rings. The third kappa shape index (κ3) is 5.08. The highest BCUT2D eigenvalue weighted by Crippen LogP contribution is 2.32. The number of fused-ring (bicyclic) bond motifs is 1. The van der Waals surface area contributed by atoms with E-state index in [-0.39, 0.29) is 17.1 Å². The number of aromatic amines is 1. The van der Waals surface area contributed by atoms with Crippen LogP contribution < -0.4 is 22.3 Å². The number of aliphatic imine (C=N–C) groups is 1. The van der Waals surface area contributed by atoms with Crippen LogP contribution in [0, 0.1) is 19.8 Å². The molecule has 5 rings (SSSR count). The molecule has 2 aromatic carbocycles. The molecule has 0 bridgehead atoms. The molecule has 0 spiro atoms. The van der Waals surface area contributed by atoms with E-state index in [0.29, 0.717) is 28.7 Å². The van der Waals surface area contributed by atoms with Gasteiger partial charge in [-0.25, -0.2) is 10.1 Å². The second kappa shape index (κ2) is 10.1. The van der Waals surface area contributed by atoms with Crippen LogP contribution in [-0.4, -0.2) is 47.5 Å². The van der Waals surface area contributed by atoms with Gasteiger partial charge in [0.1, 0.15) is 17.0 Å². The largest absolute Gasteiger partial charge is 0.454 e. The molecule has 0 saturated carbocycles. The molecule has 0 atom stereocenters. The number of aryl methyl sites for hydroxylation is 2. The number of anilines is 3. The van der Waals surface area contributed by atoms with Gasteiger partial charge in [-0.05, 0) is 89.1 Å². The third-order valence-electron chi connectivity index (χ3n) is 7.13. The van der Waals surface area contributed by atoms with Crippen molar-refractivity contribution < 1.29 is 4.42 Å². The first kappa shape index (κ1) is 24.6. The number of piperidine rings is 1. The number of rotatable bonds is 6. The summed E-state index contributed by atoms with van der Waals surface area (Å²) in [6, 6.07) is 13.8. The smallest absolute Gasteiger partial charge is 0.288 e. The van der Waals surface area contributed by atoms with Gasteiger partial charge in [0.05, 0.1) is 11.3 Å². The zero-order chi connectivity index (χ0) is 26.1. The maximum atomic E-state index is 12.4. The Balaban J connectivity index is 1.51. The average molecular weight is 500 g/mol. The van der Waals surface area contributed by atoms with Gasteiger partial charge in [0.2, 0.25) is 0 Å². The number of nitrogens with zero attached hydrogens (tertiary/aromatic N) is 3. The molecule has 2 aromatic heterocycles. The van der Waals surface area contributed by atoms with E-state index in [9.17, 15) is 4.79 Å². The molecule has 0 aliphatic carbocycles. The van der Waals surface area contributed by atoms with Crippen molar-refractivity contribution in [2.75, 3.05) is 43.5 Å². The molecule has 6 N–H and O–H groups in total. The van der Waals surface area contributed by atoms with Crippen molar-refractivity contribution in [3.63, 3.8) is 0 Å². The minimum absolute atomic E-state index is 0.0568. The van der Waals surface area contributed by atoms with Gasteiger partial charge < -0.3 is 26.1 Å². The van der Waals surface area contributed by atoms with Gasteiger partial charge in [-0.1, -0.05) is 11.6 Å². The van der Waals surface area contributed by atoms with Gasteiger partial charge in [0, 0.05) is 23.2 Å². The maximum Gasteiger partial charge on any atom is 0.288 e. The second-order valence-electron chi connectivity index (χ2n) is 9.92. The van der Waals surface area contributed by atoms with Crippen molar-refractivity contribution in [2.24, 2.45) is 10.9 Å². The van der Waals surface area contributed by atoms with Crippen molar-refractivity contribution in [3.05, 3.63) is 75.3 Å². The number of likely N-dealkylation sites (tertiary alicyclic amines) is 1. The SMILES string of the molecule is Cc1ccc2oc(C(=Nc3ccc(NCC4CCN(C)CC4)cc3)c3c(N)n[nH]c(=O)c3N)c(C)c2c1. The summed E-state index contributed by atoms with van der Waals surface area (Å²) in [5.41, 5.74) is 16.8. The van der Waals surface area contributed by atoms with Crippen LogP contribution in [0.25, 0.3) is 11.0 Å².